The summed E-state index contributed by atoms with van der Waals surface area (Å²) in [6.45, 7) is 1.65. The highest BCUT2D eigenvalue weighted by Gasteiger charge is 2.19. The number of benzene rings is 1. The van der Waals surface area contributed by atoms with Crippen LogP contribution < -0.4 is 16.6 Å². The number of aromatic nitrogens is 2. The van der Waals surface area contributed by atoms with E-state index in [-0.39, 0.29) is 17.3 Å². The van der Waals surface area contributed by atoms with Gasteiger partial charge >= 0.3 is 5.69 Å². The lowest BCUT2D eigenvalue weighted by Crippen LogP contribution is -2.42. The van der Waals surface area contributed by atoms with Gasteiger partial charge < -0.3 is 10.3 Å². The summed E-state index contributed by atoms with van der Waals surface area (Å²) in [5, 5.41) is 4.18. The van der Waals surface area contributed by atoms with Crippen LogP contribution in [0.25, 0.3) is 10.9 Å². The third-order valence-corrected chi connectivity index (χ3v) is 3.80. The van der Waals surface area contributed by atoms with E-state index in [1.165, 1.54) is 4.57 Å². The highest BCUT2D eigenvalue weighted by Crippen LogP contribution is 2.17. The normalized spacial score (nSPS) is 16.9. The van der Waals surface area contributed by atoms with Crippen molar-refractivity contribution in [3.05, 3.63) is 44.1 Å². The molecule has 0 saturated carbocycles. The minimum Gasteiger partial charge on any atom is -0.317 e. The number of H-pyrrole nitrogens is 1. The number of halogens is 1. The second-order valence-electron chi connectivity index (χ2n) is 4.78. The lowest BCUT2D eigenvalue weighted by atomic mass is 10.1. The summed E-state index contributed by atoms with van der Waals surface area (Å²) < 4.78 is 1.33. The molecule has 0 bridgehead atoms. The first-order valence-corrected chi connectivity index (χ1v) is 6.69. The van der Waals surface area contributed by atoms with E-state index in [1.807, 2.05) is 0 Å². The molecule has 0 atom stereocenters. The number of hydrogen-bond acceptors (Lipinski definition) is 3. The Balaban J connectivity index is 2.24. The Hall–Kier alpha value is -1.59. The number of piperidine rings is 1. The second-order valence-corrected chi connectivity index (χ2v) is 5.21. The minimum atomic E-state index is -0.341. The van der Waals surface area contributed by atoms with Crippen molar-refractivity contribution in [2.45, 2.75) is 18.9 Å². The number of fused-ring (bicyclic) bond motifs is 1. The second kappa shape index (κ2) is 4.83. The molecule has 5 nitrogen and oxygen atoms in total. The van der Waals surface area contributed by atoms with E-state index < -0.39 is 0 Å². The smallest absolute Gasteiger partial charge is 0.317 e. The Morgan fingerprint density at radius 3 is 2.68 bits per heavy atom. The Morgan fingerprint density at radius 1 is 1.21 bits per heavy atom. The van der Waals surface area contributed by atoms with E-state index in [0.717, 1.165) is 25.9 Å². The van der Waals surface area contributed by atoms with Crippen LogP contribution in [-0.4, -0.2) is 22.6 Å². The minimum absolute atomic E-state index is 0.0409. The zero-order valence-corrected chi connectivity index (χ0v) is 11.0. The SMILES string of the molecule is O=c1[nH]c2ccc(Cl)cc2c(=O)n1C1CCNCC1. The zero-order chi connectivity index (χ0) is 13.4. The van der Waals surface area contributed by atoms with Gasteiger partial charge in [-0.3, -0.25) is 9.36 Å². The molecule has 2 N–H and O–H groups in total. The van der Waals surface area contributed by atoms with Gasteiger partial charge in [-0.05, 0) is 44.1 Å². The predicted octanol–water partition coefficient (Wildman–Crippen LogP) is 1.27. The average molecular weight is 280 g/mol. The van der Waals surface area contributed by atoms with Crippen LogP contribution in [0, 0.1) is 0 Å². The molecule has 1 saturated heterocycles. The van der Waals surface area contributed by atoms with Crippen molar-refractivity contribution in [2.75, 3.05) is 13.1 Å². The molecule has 1 aromatic heterocycles. The summed E-state index contributed by atoms with van der Waals surface area (Å²) in [6, 6.07) is 4.88. The molecule has 19 heavy (non-hydrogen) atoms. The lowest BCUT2D eigenvalue weighted by Gasteiger charge is -2.23. The summed E-state index contributed by atoms with van der Waals surface area (Å²) in [7, 11) is 0. The zero-order valence-electron chi connectivity index (χ0n) is 10.3. The molecule has 0 aliphatic carbocycles. The largest absolute Gasteiger partial charge is 0.329 e. The summed E-state index contributed by atoms with van der Waals surface area (Å²) in [6.07, 6.45) is 1.57. The highest BCUT2D eigenvalue weighted by molar-refractivity contribution is 6.31. The van der Waals surface area contributed by atoms with E-state index in [2.05, 4.69) is 10.3 Å². The van der Waals surface area contributed by atoms with Crippen molar-refractivity contribution in [1.82, 2.24) is 14.9 Å². The average Bonchev–Trinajstić information content (AvgIpc) is 2.41. The maximum atomic E-state index is 12.5. The Morgan fingerprint density at radius 2 is 1.95 bits per heavy atom. The van der Waals surface area contributed by atoms with Crippen LogP contribution in [0.2, 0.25) is 5.02 Å². The van der Waals surface area contributed by atoms with Gasteiger partial charge in [-0.1, -0.05) is 11.6 Å². The molecule has 0 amide bonds. The monoisotopic (exact) mass is 279 g/mol. The van der Waals surface area contributed by atoms with E-state index in [9.17, 15) is 9.59 Å². The van der Waals surface area contributed by atoms with E-state index in [4.69, 9.17) is 11.6 Å². The molecule has 0 radical (unpaired) electrons. The standard InChI is InChI=1S/C13H14ClN3O2/c14-8-1-2-11-10(7-8)12(18)17(13(19)16-11)9-3-5-15-6-4-9/h1-2,7,9,15H,3-6H2,(H,16,19). The van der Waals surface area contributed by atoms with Gasteiger partial charge in [0, 0.05) is 11.1 Å². The van der Waals surface area contributed by atoms with Crippen molar-refractivity contribution in [3.8, 4) is 0 Å². The van der Waals surface area contributed by atoms with Crippen LogP contribution in [0.15, 0.2) is 27.8 Å². The van der Waals surface area contributed by atoms with Crippen LogP contribution >= 0.6 is 11.6 Å². The topological polar surface area (TPSA) is 66.9 Å². The van der Waals surface area contributed by atoms with Crippen molar-refractivity contribution < 1.29 is 0 Å². The van der Waals surface area contributed by atoms with Crippen LogP contribution in [-0.2, 0) is 0 Å². The van der Waals surface area contributed by atoms with Crippen LogP contribution in [0.1, 0.15) is 18.9 Å². The Bertz CT molecular complexity index is 729. The Kier molecular flexibility index (Phi) is 3.16. The van der Waals surface area contributed by atoms with Crippen molar-refractivity contribution in [2.24, 2.45) is 0 Å². The number of nitrogens with zero attached hydrogens (tertiary/aromatic N) is 1. The van der Waals surface area contributed by atoms with Crippen LogP contribution in [0.5, 0.6) is 0 Å². The fourth-order valence-corrected chi connectivity index (χ4v) is 2.77. The van der Waals surface area contributed by atoms with Gasteiger partial charge in [0.1, 0.15) is 0 Å². The molecule has 2 aromatic rings. The van der Waals surface area contributed by atoms with Crippen molar-refractivity contribution in [1.29, 1.82) is 0 Å². The fourth-order valence-electron chi connectivity index (χ4n) is 2.60. The molecule has 0 unspecified atom stereocenters. The number of hydrogen-bond donors (Lipinski definition) is 2. The predicted molar refractivity (Wildman–Crippen MR) is 75.0 cm³/mol. The van der Waals surface area contributed by atoms with Gasteiger partial charge in [0.2, 0.25) is 0 Å². The number of aromatic amines is 1. The molecule has 100 valence electrons. The third-order valence-electron chi connectivity index (χ3n) is 3.57. The maximum absolute atomic E-state index is 12.5. The van der Waals surface area contributed by atoms with Crippen LogP contribution in [0.4, 0.5) is 0 Å². The summed E-state index contributed by atoms with van der Waals surface area (Å²) in [4.78, 5) is 27.3. The number of nitrogens with one attached hydrogen (secondary N) is 2. The van der Waals surface area contributed by atoms with Gasteiger partial charge in [0.05, 0.1) is 10.9 Å². The van der Waals surface area contributed by atoms with E-state index >= 15 is 0 Å². The number of rotatable bonds is 1. The molecule has 1 aliphatic heterocycles. The molecular weight excluding hydrogens is 266 g/mol. The van der Waals surface area contributed by atoms with Crippen molar-refractivity contribution in [3.63, 3.8) is 0 Å². The molecule has 1 aromatic carbocycles. The first-order valence-electron chi connectivity index (χ1n) is 6.31. The molecule has 1 aliphatic rings. The highest BCUT2D eigenvalue weighted by atomic mass is 35.5. The third kappa shape index (κ3) is 2.19. The van der Waals surface area contributed by atoms with Gasteiger partial charge in [0.15, 0.2) is 0 Å². The van der Waals surface area contributed by atoms with Gasteiger partial charge in [-0.15, -0.1) is 0 Å². The van der Waals surface area contributed by atoms with Gasteiger partial charge in [-0.25, -0.2) is 4.79 Å². The van der Waals surface area contributed by atoms with Gasteiger partial charge in [0.25, 0.3) is 5.56 Å². The summed E-state index contributed by atoms with van der Waals surface area (Å²) in [5.41, 5.74) is -0.0653. The summed E-state index contributed by atoms with van der Waals surface area (Å²) >= 11 is 5.92. The molecule has 2 heterocycles. The van der Waals surface area contributed by atoms with Crippen LogP contribution in [0.3, 0.4) is 0 Å². The Labute approximate surface area is 114 Å². The lowest BCUT2D eigenvalue weighted by molar-refractivity contribution is 0.352. The first kappa shape index (κ1) is 12.4. The van der Waals surface area contributed by atoms with E-state index in [1.54, 1.807) is 18.2 Å². The maximum Gasteiger partial charge on any atom is 0.329 e. The molecule has 0 spiro atoms. The summed E-state index contributed by atoms with van der Waals surface area (Å²) in [5.74, 6) is 0. The molecule has 6 heteroatoms. The molecule has 3 rings (SSSR count). The molecule has 1 fully saturated rings. The van der Waals surface area contributed by atoms with E-state index in [0.29, 0.717) is 15.9 Å². The quantitative estimate of drug-likeness (QED) is 0.826. The fraction of sp³-hybridized carbons (Fsp3) is 0.385. The van der Waals surface area contributed by atoms with Gasteiger partial charge in [-0.2, -0.15) is 0 Å². The first-order chi connectivity index (χ1) is 9.16. The van der Waals surface area contributed by atoms with Crippen molar-refractivity contribution >= 4 is 22.5 Å². The molecular formula is C13H14ClN3O2.